The molecule has 1 aliphatic heterocycles. The van der Waals surface area contributed by atoms with Crippen molar-refractivity contribution in [2.75, 3.05) is 7.11 Å². The normalized spacial score (nSPS) is 26.6. The minimum absolute atomic E-state index is 0.0219. The first kappa shape index (κ1) is 19.5. The molecule has 3 nitrogen and oxygen atoms in total. The molecule has 0 amide bonds. The Labute approximate surface area is 118 Å². The molecule has 0 N–H and O–H groups in total. The molecule has 0 spiro atoms. The molecule has 15 heteroatoms. The number of halogens is 12. The lowest BCUT2D eigenvalue weighted by molar-refractivity contribution is -0.560. The molecule has 23 heavy (non-hydrogen) atoms. The van der Waals surface area contributed by atoms with Crippen LogP contribution in [0, 0.1) is 0 Å². The number of nitrogens with zero attached hydrogens (tertiary/aromatic N) is 1. The number of alkyl halides is 11. The summed E-state index contributed by atoms with van der Waals surface area (Å²) in [6.07, 6.45) is -19.6. The summed E-state index contributed by atoms with van der Waals surface area (Å²) in [5.41, 5.74) is -3.88. The molecule has 0 atom stereocenters. The van der Waals surface area contributed by atoms with Gasteiger partial charge in [-0.05, 0) is 0 Å². The predicted octanol–water partition coefficient (Wildman–Crippen LogP) is 4.04. The lowest BCUT2D eigenvalue weighted by Crippen LogP contribution is -2.74. The zero-order valence-electron chi connectivity index (χ0n) is 10.3. The topological polar surface area (TPSA) is 21.7 Å². The monoisotopic (exact) mass is 373 g/mol. The van der Waals surface area contributed by atoms with Crippen LogP contribution in [0.3, 0.4) is 0 Å². The van der Waals surface area contributed by atoms with Crippen LogP contribution in [0.2, 0.25) is 0 Å². The van der Waals surface area contributed by atoms with Gasteiger partial charge in [-0.2, -0.15) is 52.7 Å². The van der Waals surface area contributed by atoms with Gasteiger partial charge in [0.1, 0.15) is 0 Å². The zero-order valence-corrected chi connectivity index (χ0v) is 10.3. The van der Waals surface area contributed by atoms with Gasteiger partial charge >= 0.3 is 36.5 Å². The largest absolute Gasteiger partial charge is 0.473 e. The molecule has 1 aliphatic rings. The van der Waals surface area contributed by atoms with Crippen LogP contribution in [0.1, 0.15) is 0 Å². The van der Waals surface area contributed by atoms with Crippen LogP contribution in [0.15, 0.2) is 11.7 Å². The molecular formula is C8H3F12NO2. The van der Waals surface area contributed by atoms with Crippen LogP contribution in [-0.4, -0.2) is 42.5 Å². The van der Waals surface area contributed by atoms with E-state index in [0.717, 1.165) is 0 Å². The standard InChI is InChI=1S/C8H3F12NO2/c1-22-3(9)2(4(10,11)12)21-5(13,14)7(17,18)23-8(19,20)6(21,15)16/h1H3. The van der Waals surface area contributed by atoms with Crippen molar-refractivity contribution in [3.63, 3.8) is 0 Å². The fourth-order valence-electron chi connectivity index (χ4n) is 1.42. The zero-order chi connectivity index (χ0) is 18.6. The summed E-state index contributed by atoms with van der Waals surface area (Å²) in [4.78, 5) is -3.11. The van der Waals surface area contributed by atoms with Crippen molar-refractivity contribution in [3.05, 3.63) is 11.7 Å². The number of rotatable bonds is 2. The summed E-state index contributed by atoms with van der Waals surface area (Å²) >= 11 is 0. The summed E-state index contributed by atoms with van der Waals surface area (Å²) in [5.74, 6) is 0. The van der Waals surface area contributed by atoms with E-state index in [4.69, 9.17) is 0 Å². The van der Waals surface area contributed by atoms with Gasteiger partial charge in [-0.1, -0.05) is 0 Å². The third-order valence-corrected chi connectivity index (χ3v) is 2.38. The van der Waals surface area contributed by atoms with Gasteiger partial charge in [0.25, 0.3) is 0 Å². The molecule has 1 heterocycles. The Bertz CT molecular complexity index is 484. The maximum atomic E-state index is 13.2. The maximum Gasteiger partial charge on any atom is 0.445 e. The molecule has 1 saturated heterocycles. The van der Waals surface area contributed by atoms with Crippen LogP contribution in [-0.2, 0) is 9.47 Å². The van der Waals surface area contributed by atoms with E-state index < -0.39 is 47.1 Å². The van der Waals surface area contributed by atoms with Gasteiger partial charge in [-0.25, -0.2) is 9.64 Å². The van der Waals surface area contributed by atoms with E-state index in [1.54, 1.807) is 0 Å². The van der Waals surface area contributed by atoms with Crippen molar-refractivity contribution in [3.8, 4) is 0 Å². The fourth-order valence-corrected chi connectivity index (χ4v) is 1.42. The molecule has 0 aromatic rings. The Hall–Kier alpha value is -1.54. The molecule has 0 unspecified atom stereocenters. The number of hydrogen-bond acceptors (Lipinski definition) is 3. The maximum absolute atomic E-state index is 13.2. The highest BCUT2D eigenvalue weighted by atomic mass is 19.4. The second-order valence-electron chi connectivity index (χ2n) is 3.88. The lowest BCUT2D eigenvalue weighted by atomic mass is 10.2. The first-order chi connectivity index (χ1) is 9.93. The molecule has 136 valence electrons. The number of ether oxygens (including phenoxy) is 2. The van der Waals surface area contributed by atoms with E-state index in [1.165, 1.54) is 0 Å². The van der Waals surface area contributed by atoms with Crippen LogP contribution in [0.5, 0.6) is 0 Å². The first-order valence-corrected chi connectivity index (χ1v) is 4.96. The summed E-state index contributed by atoms with van der Waals surface area (Å²) in [6, 6.07) is -16.7. The Kier molecular flexibility index (Phi) is 4.22. The van der Waals surface area contributed by atoms with Crippen molar-refractivity contribution in [2.24, 2.45) is 0 Å². The van der Waals surface area contributed by atoms with Crippen molar-refractivity contribution < 1.29 is 62.2 Å². The third-order valence-electron chi connectivity index (χ3n) is 2.38. The fraction of sp³-hybridized carbons (Fsp3) is 0.750. The average Bonchev–Trinajstić information content (AvgIpc) is 2.29. The van der Waals surface area contributed by atoms with E-state index in [-0.39, 0.29) is 7.11 Å². The van der Waals surface area contributed by atoms with Crippen LogP contribution in [0.4, 0.5) is 52.7 Å². The smallest absolute Gasteiger partial charge is 0.445 e. The van der Waals surface area contributed by atoms with Gasteiger partial charge in [0.15, 0.2) is 0 Å². The summed E-state index contributed by atoms with van der Waals surface area (Å²) < 4.78 is 160. The number of allylic oxidation sites excluding steroid dienone is 1. The van der Waals surface area contributed by atoms with Gasteiger partial charge in [0, 0.05) is 0 Å². The number of hydrogen-bond donors (Lipinski definition) is 0. The quantitative estimate of drug-likeness (QED) is 0.415. The highest BCUT2D eigenvalue weighted by Gasteiger charge is 2.84. The van der Waals surface area contributed by atoms with Crippen LogP contribution >= 0.6 is 0 Å². The van der Waals surface area contributed by atoms with Crippen molar-refractivity contribution in [1.82, 2.24) is 4.90 Å². The van der Waals surface area contributed by atoms with Crippen molar-refractivity contribution >= 4 is 0 Å². The molecule has 1 rings (SSSR count). The second-order valence-corrected chi connectivity index (χ2v) is 3.88. The number of morpholine rings is 1. The van der Waals surface area contributed by atoms with E-state index in [9.17, 15) is 52.7 Å². The Morgan fingerprint density at radius 3 is 1.48 bits per heavy atom. The Morgan fingerprint density at radius 1 is 0.870 bits per heavy atom. The first-order valence-electron chi connectivity index (χ1n) is 4.96. The van der Waals surface area contributed by atoms with E-state index >= 15 is 0 Å². The number of methoxy groups -OCH3 is 1. The molecule has 0 aliphatic carbocycles. The summed E-state index contributed by atoms with van der Waals surface area (Å²) in [5, 5.41) is 0. The summed E-state index contributed by atoms with van der Waals surface area (Å²) in [6.45, 7) is 0. The SMILES string of the molecule is COC(F)=C(N1C(F)(F)C(F)(F)OC(F)(F)C1(F)F)C(F)(F)F. The Morgan fingerprint density at radius 2 is 1.22 bits per heavy atom. The second kappa shape index (κ2) is 4.98. The van der Waals surface area contributed by atoms with Crippen molar-refractivity contribution in [2.45, 2.75) is 30.5 Å². The third kappa shape index (κ3) is 2.74. The minimum atomic E-state index is -6.71. The molecule has 0 saturated carbocycles. The highest BCUT2D eigenvalue weighted by molar-refractivity contribution is 5.16. The van der Waals surface area contributed by atoms with Gasteiger partial charge in [-0.3, -0.25) is 0 Å². The van der Waals surface area contributed by atoms with Gasteiger partial charge < -0.3 is 4.74 Å². The highest BCUT2D eigenvalue weighted by Crippen LogP contribution is 2.59. The van der Waals surface area contributed by atoms with Gasteiger partial charge in [0.2, 0.25) is 5.70 Å². The predicted molar refractivity (Wildman–Crippen MR) is 43.9 cm³/mol. The van der Waals surface area contributed by atoms with Crippen LogP contribution in [0.25, 0.3) is 0 Å². The molecule has 0 aromatic carbocycles. The van der Waals surface area contributed by atoms with Gasteiger partial charge in [0.05, 0.1) is 7.11 Å². The molecule has 0 aromatic heterocycles. The molecule has 0 radical (unpaired) electrons. The van der Waals surface area contributed by atoms with E-state index in [2.05, 4.69) is 4.74 Å². The minimum Gasteiger partial charge on any atom is -0.473 e. The lowest BCUT2D eigenvalue weighted by Gasteiger charge is -2.48. The van der Waals surface area contributed by atoms with E-state index in [0.29, 0.717) is 0 Å². The average molecular weight is 373 g/mol. The van der Waals surface area contributed by atoms with Gasteiger partial charge in [-0.15, -0.1) is 0 Å². The molecule has 0 bridgehead atoms. The molecule has 1 fully saturated rings. The molecular weight excluding hydrogens is 370 g/mol. The Balaban J connectivity index is 3.79. The van der Waals surface area contributed by atoms with E-state index in [1.807, 2.05) is 4.74 Å². The summed E-state index contributed by atoms with van der Waals surface area (Å²) in [7, 11) is 0.0219. The van der Waals surface area contributed by atoms with Crippen molar-refractivity contribution in [1.29, 1.82) is 0 Å². The van der Waals surface area contributed by atoms with Crippen LogP contribution < -0.4 is 0 Å².